The number of rotatable bonds is 8. The largest absolute Gasteiger partial charge is 0.369 e. The van der Waals surface area contributed by atoms with Crippen molar-refractivity contribution in [2.24, 2.45) is 0 Å². The summed E-state index contributed by atoms with van der Waals surface area (Å²) in [6.07, 6.45) is 0.163. The lowest BCUT2D eigenvalue weighted by molar-refractivity contribution is 0.465. The Morgan fingerprint density at radius 3 is 2.78 bits per heavy atom. The van der Waals surface area contributed by atoms with E-state index in [0.717, 1.165) is 15.2 Å². The Hall–Kier alpha value is -2.21. The number of nitriles is 1. The molecule has 0 aliphatic rings. The van der Waals surface area contributed by atoms with Crippen molar-refractivity contribution in [3.05, 3.63) is 36.4 Å². The smallest absolute Gasteiger partial charge is 0.279 e. The predicted molar refractivity (Wildman–Crippen MR) is 90.0 cm³/mol. The first-order chi connectivity index (χ1) is 11.0. The summed E-state index contributed by atoms with van der Waals surface area (Å²) in [5.74, 6) is 0.695. The van der Waals surface area contributed by atoms with Gasteiger partial charge in [-0.2, -0.15) is 18.0 Å². The Balaban J connectivity index is 1.83. The highest BCUT2D eigenvalue weighted by atomic mass is 32.2. The molecule has 23 heavy (non-hydrogen) atoms. The van der Waals surface area contributed by atoms with Crippen LogP contribution in [0, 0.1) is 11.3 Å². The maximum absolute atomic E-state index is 11.9. The van der Waals surface area contributed by atoms with Crippen LogP contribution < -0.4 is 10.0 Å². The van der Waals surface area contributed by atoms with Gasteiger partial charge in [0.2, 0.25) is 0 Å². The molecule has 0 unspecified atom stereocenters. The highest BCUT2D eigenvalue weighted by Gasteiger charge is 2.15. The van der Waals surface area contributed by atoms with E-state index >= 15 is 0 Å². The normalized spacial score (nSPS) is 11.5. The van der Waals surface area contributed by atoms with E-state index in [9.17, 15) is 8.42 Å². The molecule has 0 bridgehead atoms. The molecular weight excluding hydrogens is 314 g/mol. The van der Waals surface area contributed by atoms with E-state index in [4.69, 9.17) is 5.26 Å². The van der Waals surface area contributed by atoms with Crippen molar-refractivity contribution in [2.45, 2.75) is 6.42 Å². The van der Waals surface area contributed by atoms with Gasteiger partial charge in [0.1, 0.15) is 5.82 Å². The fraction of sp³-hybridized carbons (Fsp3) is 0.333. The van der Waals surface area contributed by atoms with E-state index in [0.29, 0.717) is 12.4 Å². The Morgan fingerprint density at radius 2 is 2.00 bits per heavy atom. The zero-order valence-electron chi connectivity index (χ0n) is 12.9. The molecule has 0 atom stereocenters. The molecule has 0 fully saturated rings. The number of para-hydroxylation sites is 1. The number of fused-ring (bicyclic) bond motifs is 1. The highest BCUT2D eigenvalue weighted by Crippen LogP contribution is 2.14. The lowest BCUT2D eigenvalue weighted by atomic mass is 10.2. The van der Waals surface area contributed by atoms with Crippen LogP contribution in [0.25, 0.3) is 10.9 Å². The van der Waals surface area contributed by atoms with E-state index in [2.05, 4.69) is 15.0 Å². The molecule has 1 heterocycles. The summed E-state index contributed by atoms with van der Waals surface area (Å²) in [7, 11) is -2.11. The second-order valence-corrected chi connectivity index (χ2v) is 6.81. The molecular formula is C15H19N5O2S. The molecule has 0 aliphatic carbocycles. The van der Waals surface area contributed by atoms with E-state index < -0.39 is 10.2 Å². The average Bonchev–Trinajstić information content (AvgIpc) is 2.56. The average molecular weight is 333 g/mol. The van der Waals surface area contributed by atoms with Gasteiger partial charge in [-0.05, 0) is 18.2 Å². The van der Waals surface area contributed by atoms with Gasteiger partial charge < -0.3 is 5.32 Å². The molecule has 8 heteroatoms. The Morgan fingerprint density at radius 1 is 1.22 bits per heavy atom. The number of benzene rings is 1. The number of aromatic nitrogens is 1. The van der Waals surface area contributed by atoms with Crippen molar-refractivity contribution in [2.75, 3.05) is 32.0 Å². The SMILES string of the molecule is CN(CCC#N)S(=O)(=O)NCCNc1ccc2ccccc2n1. The molecule has 0 saturated carbocycles. The van der Waals surface area contributed by atoms with Gasteiger partial charge in [-0.25, -0.2) is 9.71 Å². The van der Waals surface area contributed by atoms with Crippen LogP contribution in [0.3, 0.4) is 0 Å². The predicted octanol–water partition coefficient (Wildman–Crippen LogP) is 1.33. The molecule has 0 aliphatic heterocycles. The van der Waals surface area contributed by atoms with Gasteiger partial charge in [0.15, 0.2) is 0 Å². The van der Waals surface area contributed by atoms with Gasteiger partial charge in [-0.15, -0.1) is 0 Å². The lowest BCUT2D eigenvalue weighted by Crippen LogP contribution is -2.40. The van der Waals surface area contributed by atoms with Crippen LogP contribution in [0.4, 0.5) is 5.82 Å². The first-order valence-electron chi connectivity index (χ1n) is 7.20. The third kappa shape index (κ3) is 4.89. The van der Waals surface area contributed by atoms with E-state index in [1.54, 1.807) is 0 Å². The summed E-state index contributed by atoms with van der Waals surface area (Å²) in [5, 5.41) is 12.6. The number of nitrogens with one attached hydrogen (secondary N) is 2. The maximum Gasteiger partial charge on any atom is 0.279 e. The minimum Gasteiger partial charge on any atom is -0.369 e. The molecule has 2 N–H and O–H groups in total. The van der Waals surface area contributed by atoms with Gasteiger partial charge in [-0.1, -0.05) is 18.2 Å². The quantitative estimate of drug-likeness (QED) is 0.710. The minimum absolute atomic E-state index is 0.163. The Kier molecular flexibility index (Phi) is 5.87. The first-order valence-corrected chi connectivity index (χ1v) is 8.64. The van der Waals surface area contributed by atoms with Crippen LogP contribution in [-0.4, -0.2) is 44.4 Å². The number of nitrogens with zero attached hydrogens (tertiary/aromatic N) is 3. The summed E-state index contributed by atoms with van der Waals surface area (Å²) in [4.78, 5) is 4.45. The molecule has 0 radical (unpaired) electrons. The van der Waals surface area contributed by atoms with Crippen molar-refractivity contribution in [3.8, 4) is 6.07 Å². The monoisotopic (exact) mass is 333 g/mol. The molecule has 122 valence electrons. The first kappa shape index (κ1) is 17.1. The van der Waals surface area contributed by atoms with Gasteiger partial charge in [-0.3, -0.25) is 0 Å². The maximum atomic E-state index is 11.9. The molecule has 1 aromatic heterocycles. The van der Waals surface area contributed by atoms with Crippen LogP contribution in [-0.2, 0) is 10.2 Å². The molecule has 2 rings (SSSR count). The van der Waals surface area contributed by atoms with Crippen molar-refractivity contribution in [1.29, 1.82) is 5.26 Å². The van der Waals surface area contributed by atoms with Gasteiger partial charge in [0.05, 0.1) is 11.6 Å². The summed E-state index contributed by atoms with van der Waals surface area (Å²) in [5.41, 5.74) is 0.884. The van der Waals surface area contributed by atoms with Crippen LogP contribution in [0.5, 0.6) is 0 Å². The van der Waals surface area contributed by atoms with Gasteiger partial charge >= 0.3 is 0 Å². The molecule has 1 aromatic carbocycles. The second kappa shape index (κ2) is 7.87. The number of pyridine rings is 1. The third-order valence-corrected chi connectivity index (χ3v) is 4.83. The van der Waals surface area contributed by atoms with E-state index in [1.165, 1.54) is 7.05 Å². The Bertz CT molecular complexity index is 801. The summed E-state index contributed by atoms with van der Waals surface area (Å²) in [6.45, 7) is 0.815. The third-order valence-electron chi connectivity index (χ3n) is 3.26. The van der Waals surface area contributed by atoms with Crippen molar-refractivity contribution < 1.29 is 8.42 Å². The summed E-state index contributed by atoms with van der Waals surface area (Å²) < 4.78 is 27.4. The number of hydrogen-bond donors (Lipinski definition) is 2. The molecule has 7 nitrogen and oxygen atoms in total. The van der Waals surface area contributed by atoms with Crippen LogP contribution >= 0.6 is 0 Å². The fourth-order valence-electron chi connectivity index (χ4n) is 1.97. The topological polar surface area (TPSA) is 98.1 Å². The summed E-state index contributed by atoms with van der Waals surface area (Å²) in [6, 6.07) is 13.5. The van der Waals surface area contributed by atoms with Crippen molar-refractivity contribution in [1.82, 2.24) is 14.0 Å². The van der Waals surface area contributed by atoms with E-state index in [1.807, 2.05) is 42.5 Å². The Labute approximate surface area is 136 Å². The van der Waals surface area contributed by atoms with Crippen LogP contribution in [0.2, 0.25) is 0 Å². The molecule has 0 saturated heterocycles. The number of hydrogen-bond acceptors (Lipinski definition) is 5. The zero-order valence-corrected chi connectivity index (χ0v) is 13.7. The van der Waals surface area contributed by atoms with Gasteiger partial charge in [0.25, 0.3) is 10.2 Å². The van der Waals surface area contributed by atoms with E-state index in [-0.39, 0.29) is 19.5 Å². The van der Waals surface area contributed by atoms with Crippen LogP contribution in [0.15, 0.2) is 36.4 Å². The second-order valence-electron chi connectivity index (χ2n) is 4.94. The standard InChI is InChI=1S/C15H19N5O2S/c1-20(12-4-9-16)23(21,22)18-11-10-17-15-8-7-13-5-2-3-6-14(13)19-15/h2-3,5-8,18H,4,10-12H2,1H3,(H,17,19). The van der Waals surface area contributed by atoms with Crippen molar-refractivity contribution in [3.63, 3.8) is 0 Å². The molecule has 2 aromatic rings. The molecule has 0 spiro atoms. The minimum atomic E-state index is -3.55. The van der Waals surface area contributed by atoms with Gasteiger partial charge in [0, 0.05) is 38.5 Å². The fourth-order valence-corrected chi connectivity index (χ4v) is 2.88. The number of anilines is 1. The highest BCUT2D eigenvalue weighted by molar-refractivity contribution is 7.87. The van der Waals surface area contributed by atoms with Crippen molar-refractivity contribution >= 4 is 26.9 Å². The molecule has 0 amide bonds. The zero-order chi connectivity index (χ0) is 16.7. The van der Waals surface area contributed by atoms with Crippen LogP contribution in [0.1, 0.15) is 6.42 Å². The summed E-state index contributed by atoms with van der Waals surface area (Å²) >= 11 is 0. The lowest BCUT2D eigenvalue weighted by Gasteiger charge is -2.16.